The van der Waals surface area contributed by atoms with Gasteiger partial charge in [0.25, 0.3) is 5.91 Å². The van der Waals surface area contributed by atoms with E-state index < -0.39 is 5.91 Å². The van der Waals surface area contributed by atoms with Gasteiger partial charge in [-0.3, -0.25) is 4.79 Å². The van der Waals surface area contributed by atoms with Crippen LogP contribution in [0.3, 0.4) is 0 Å². The number of halogens is 1. The standard InChI is InChI=1S/C32H28ClN7O3/c1-20(2)32-36-29(38-43-32)22-8-7-9-23(16-22)35-31(41)27-18-34-30-26(17-28(33)37-40(27)30)39(24-10-5-4-6-11-24)19-21-12-14-25(42-3)15-13-21/h4-18,20H,19H2,1-3H3,(H,35,41). The minimum atomic E-state index is -0.400. The molecule has 0 atom stereocenters. The van der Waals surface area contributed by atoms with Crippen molar-refractivity contribution in [3.63, 3.8) is 0 Å². The maximum absolute atomic E-state index is 13.5. The Balaban J connectivity index is 1.33. The molecule has 0 radical (unpaired) electrons. The lowest BCUT2D eigenvalue weighted by Crippen LogP contribution is -2.19. The number of carbonyl (C=O) groups excluding carboxylic acids is 1. The van der Waals surface area contributed by atoms with Crippen LogP contribution >= 0.6 is 11.6 Å². The molecule has 11 heteroatoms. The molecule has 0 saturated carbocycles. The zero-order chi connectivity index (χ0) is 29.9. The first-order valence-corrected chi connectivity index (χ1v) is 14.0. The van der Waals surface area contributed by atoms with Crippen LogP contribution in [-0.4, -0.2) is 37.8 Å². The fourth-order valence-corrected chi connectivity index (χ4v) is 4.81. The second kappa shape index (κ2) is 11.9. The molecule has 3 aromatic heterocycles. The molecule has 0 saturated heterocycles. The number of ether oxygens (including phenoxy) is 1. The number of fused-ring (bicyclic) bond motifs is 1. The summed E-state index contributed by atoms with van der Waals surface area (Å²) in [7, 11) is 1.64. The number of hydrogen-bond acceptors (Lipinski definition) is 8. The molecule has 0 spiro atoms. The highest BCUT2D eigenvalue weighted by molar-refractivity contribution is 6.29. The van der Waals surface area contributed by atoms with E-state index in [9.17, 15) is 4.79 Å². The monoisotopic (exact) mass is 593 g/mol. The molecule has 0 aliphatic heterocycles. The van der Waals surface area contributed by atoms with Gasteiger partial charge in [-0.1, -0.05) is 73.1 Å². The third kappa shape index (κ3) is 5.91. The number of nitrogens with zero attached hydrogens (tertiary/aromatic N) is 6. The second-order valence-electron chi connectivity index (χ2n) is 10.1. The predicted octanol–water partition coefficient (Wildman–Crippen LogP) is 7.16. The lowest BCUT2D eigenvalue weighted by molar-refractivity contribution is 0.102. The highest BCUT2D eigenvalue weighted by Gasteiger charge is 2.22. The van der Waals surface area contributed by atoms with Crippen LogP contribution in [0, 0.1) is 0 Å². The van der Waals surface area contributed by atoms with Gasteiger partial charge in [0.15, 0.2) is 16.5 Å². The van der Waals surface area contributed by atoms with Crippen LogP contribution in [0.2, 0.25) is 5.15 Å². The Labute approximate surface area is 252 Å². The van der Waals surface area contributed by atoms with Crippen molar-refractivity contribution < 1.29 is 14.1 Å². The average Bonchev–Trinajstić information content (AvgIpc) is 3.69. The molecular weight excluding hydrogens is 566 g/mol. The van der Waals surface area contributed by atoms with Crippen LogP contribution < -0.4 is 15.0 Å². The highest BCUT2D eigenvalue weighted by Crippen LogP contribution is 2.33. The molecule has 3 heterocycles. The number of nitrogens with one attached hydrogen (secondary N) is 1. The molecule has 216 valence electrons. The number of carbonyl (C=O) groups is 1. The van der Waals surface area contributed by atoms with Gasteiger partial charge in [0.1, 0.15) is 5.75 Å². The van der Waals surface area contributed by atoms with E-state index in [1.54, 1.807) is 25.3 Å². The summed E-state index contributed by atoms with van der Waals surface area (Å²) in [5.41, 5.74) is 4.64. The SMILES string of the molecule is COc1ccc(CN(c2ccccc2)c2cc(Cl)nn3c(C(=O)Nc4cccc(-c5noc(C(C)C)n5)c4)cnc23)cc1. The summed E-state index contributed by atoms with van der Waals surface area (Å²) in [5.74, 6) is 1.48. The Hall–Kier alpha value is -5.22. The minimum absolute atomic E-state index is 0.109. The average molecular weight is 594 g/mol. The van der Waals surface area contributed by atoms with E-state index in [0.717, 1.165) is 17.0 Å². The van der Waals surface area contributed by atoms with Crippen LogP contribution in [0.15, 0.2) is 95.6 Å². The van der Waals surface area contributed by atoms with Crippen molar-refractivity contribution >= 4 is 40.2 Å². The first kappa shape index (κ1) is 27.9. The van der Waals surface area contributed by atoms with Gasteiger partial charge in [-0.2, -0.15) is 10.1 Å². The largest absolute Gasteiger partial charge is 0.497 e. The number of benzene rings is 3. The van der Waals surface area contributed by atoms with Crippen LogP contribution in [0.1, 0.15) is 41.7 Å². The van der Waals surface area contributed by atoms with Gasteiger partial charge < -0.3 is 19.5 Å². The van der Waals surface area contributed by atoms with E-state index in [1.807, 2.05) is 80.6 Å². The van der Waals surface area contributed by atoms with E-state index in [2.05, 4.69) is 30.4 Å². The van der Waals surface area contributed by atoms with Crippen molar-refractivity contribution in [1.82, 2.24) is 24.7 Å². The predicted molar refractivity (Wildman–Crippen MR) is 165 cm³/mol. The van der Waals surface area contributed by atoms with Crippen LogP contribution in [0.5, 0.6) is 5.75 Å². The van der Waals surface area contributed by atoms with Crippen LogP contribution in [-0.2, 0) is 6.54 Å². The fourth-order valence-electron chi connectivity index (χ4n) is 4.63. The summed E-state index contributed by atoms with van der Waals surface area (Å²) in [4.78, 5) is 24.7. The molecule has 0 unspecified atom stereocenters. The zero-order valence-electron chi connectivity index (χ0n) is 23.7. The highest BCUT2D eigenvalue weighted by atomic mass is 35.5. The van der Waals surface area contributed by atoms with E-state index >= 15 is 0 Å². The molecule has 0 fully saturated rings. The number of aromatic nitrogens is 5. The lowest BCUT2D eigenvalue weighted by atomic mass is 10.1. The number of methoxy groups -OCH3 is 1. The smallest absolute Gasteiger partial charge is 0.276 e. The number of hydrogen-bond donors (Lipinski definition) is 1. The van der Waals surface area contributed by atoms with Crippen molar-refractivity contribution in [3.8, 4) is 17.1 Å². The Bertz CT molecular complexity index is 1880. The van der Waals surface area contributed by atoms with Crippen molar-refractivity contribution in [2.45, 2.75) is 26.3 Å². The minimum Gasteiger partial charge on any atom is -0.497 e. The molecular formula is C32H28ClN7O3. The third-order valence-electron chi connectivity index (χ3n) is 6.82. The first-order valence-electron chi connectivity index (χ1n) is 13.6. The summed E-state index contributed by atoms with van der Waals surface area (Å²) in [6.45, 7) is 4.47. The molecule has 0 bridgehead atoms. The Morgan fingerprint density at radius 3 is 2.56 bits per heavy atom. The number of para-hydroxylation sites is 1. The van der Waals surface area contributed by atoms with Crippen LogP contribution in [0.4, 0.5) is 17.1 Å². The van der Waals surface area contributed by atoms with E-state index in [0.29, 0.717) is 40.8 Å². The van der Waals surface area contributed by atoms with Crippen molar-refractivity contribution in [1.29, 1.82) is 0 Å². The van der Waals surface area contributed by atoms with E-state index in [4.69, 9.17) is 20.9 Å². The second-order valence-corrected chi connectivity index (χ2v) is 10.5. The third-order valence-corrected chi connectivity index (χ3v) is 7.01. The molecule has 3 aromatic carbocycles. The molecule has 0 aliphatic rings. The summed E-state index contributed by atoms with van der Waals surface area (Å²) < 4.78 is 12.1. The van der Waals surface area contributed by atoms with Gasteiger partial charge in [-0.15, -0.1) is 0 Å². The lowest BCUT2D eigenvalue weighted by Gasteiger charge is -2.25. The summed E-state index contributed by atoms with van der Waals surface area (Å²) >= 11 is 6.55. The number of anilines is 3. The van der Waals surface area contributed by atoms with Crippen LogP contribution in [0.25, 0.3) is 17.0 Å². The van der Waals surface area contributed by atoms with Crippen molar-refractivity contribution in [3.05, 3.63) is 113 Å². The first-order chi connectivity index (χ1) is 20.9. The maximum atomic E-state index is 13.5. The normalized spacial score (nSPS) is 11.2. The van der Waals surface area contributed by atoms with E-state index in [1.165, 1.54) is 10.7 Å². The van der Waals surface area contributed by atoms with Crippen molar-refractivity contribution in [2.75, 3.05) is 17.3 Å². The number of rotatable bonds is 9. The number of amides is 1. The summed E-state index contributed by atoms with van der Waals surface area (Å²) in [6.07, 6.45) is 1.49. The van der Waals surface area contributed by atoms with Gasteiger partial charge in [0, 0.05) is 35.5 Å². The molecule has 6 rings (SSSR count). The van der Waals surface area contributed by atoms with Gasteiger partial charge in [0.05, 0.1) is 19.0 Å². The molecule has 10 nitrogen and oxygen atoms in total. The van der Waals surface area contributed by atoms with Gasteiger partial charge in [-0.25, -0.2) is 9.50 Å². The summed E-state index contributed by atoms with van der Waals surface area (Å²) in [5, 5.41) is 11.6. The fraction of sp³-hybridized carbons (Fsp3) is 0.156. The van der Waals surface area contributed by atoms with Gasteiger partial charge in [-0.05, 0) is 42.0 Å². The zero-order valence-corrected chi connectivity index (χ0v) is 24.5. The molecule has 6 aromatic rings. The Morgan fingerprint density at radius 2 is 1.84 bits per heavy atom. The quantitative estimate of drug-likeness (QED) is 0.188. The number of imidazole rings is 1. The molecule has 0 aliphatic carbocycles. The van der Waals surface area contributed by atoms with Crippen molar-refractivity contribution in [2.24, 2.45) is 0 Å². The molecule has 43 heavy (non-hydrogen) atoms. The summed E-state index contributed by atoms with van der Waals surface area (Å²) in [6, 6.07) is 26.7. The van der Waals surface area contributed by atoms with Gasteiger partial charge >= 0.3 is 0 Å². The van der Waals surface area contributed by atoms with E-state index in [-0.39, 0.29) is 16.8 Å². The van der Waals surface area contributed by atoms with Gasteiger partial charge in [0.2, 0.25) is 11.7 Å². The topological polar surface area (TPSA) is 111 Å². The Kier molecular flexibility index (Phi) is 7.76. The molecule has 1 amide bonds. The maximum Gasteiger partial charge on any atom is 0.276 e. The molecule has 1 N–H and O–H groups in total. The Morgan fingerprint density at radius 1 is 1.05 bits per heavy atom.